The number of rotatable bonds is 5. The molecule has 2 aromatic rings. The third-order valence-corrected chi connectivity index (χ3v) is 4.93. The number of hydrogen-bond acceptors (Lipinski definition) is 4. The highest BCUT2D eigenvalue weighted by Gasteiger charge is 2.33. The second kappa shape index (κ2) is 6.88. The number of anilines is 1. The molecule has 0 unspecified atom stereocenters. The van der Waals surface area contributed by atoms with Crippen molar-refractivity contribution in [2.45, 2.75) is 32.1 Å². The third-order valence-electron chi connectivity index (χ3n) is 3.93. The van der Waals surface area contributed by atoms with E-state index in [1.54, 1.807) is 0 Å². The van der Waals surface area contributed by atoms with E-state index < -0.39 is 11.1 Å². The van der Waals surface area contributed by atoms with Crippen LogP contribution in [0.15, 0.2) is 30.5 Å². The van der Waals surface area contributed by atoms with Gasteiger partial charge in [0.2, 0.25) is 0 Å². The fourth-order valence-electron chi connectivity index (χ4n) is 2.72. The summed E-state index contributed by atoms with van der Waals surface area (Å²) in [6.07, 6.45) is -0.978. The van der Waals surface area contributed by atoms with Crippen molar-refractivity contribution in [3.8, 4) is 0 Å². The van der Waals surface area contributed by atoms with Crippen molar-refractivity contribution < 1.29 is 13.2 Å². The number of likely N-dealkylation sites (tertiary alicyclic amines) is 1. The molecule has 23 heavy (non-hydrogen) atoms. The van der Waals surface area contributed by atoms with E-state index in [4.69, 9.17) is 0 Å². The Bertz CT molecular complexity index is 648. The van der Waals surface area contributed by atoms with Crippen molar-refractivity contribution in [1.29, 1.82) is 0 Å². The van der Waals surface area contributed by atoms with Gasteiger partial charge in [-0.3, -0.25) is 4.90 Å². The van der Waals surface area contributed by atoms with Crippen LogP contribution in [0.2, 0.25) is 0 Å². The standard InChI is InChI=1S/C16H18F3N3S/c17-16(18,19)14-10-21-15(23-14)20-9-12-5-1-2-6-13(12)11-22-7-3-4-8-22/h1-2,5-6,10H,3-4,7-9,11H2,(H,20,21). The second-order valence-corrected chi connectivity index (χ2v) is 6.66. The fraction of sp³-hybridized carbons (Fsp3) is 0.438. The van der Waals surface area contributed by atoms with Gasteiger partial charge in [0, 0.05) is 13.1 Å². The van der Waals surface area contributed by atoms with Gasteiger partial charge in [-0.15, -0.1) is 0 Å². The van der Waals surface area contributed by atoms with Crippen LogP contribution in [0, 0.1) is 0 Å². The molecule has 1 aliphatic heterocycles. The Morgan fingerprint density at radius 3 is 2.48 bits per heavy atom. The Hall–Kier alpha value is -1.60. The largest absolute Gasteiger partial charge is 0.427 e. The maximum atomic E-state index is 12.6. The van der Waals surface area contributed by atoms with Crippen LogP contribution in [-0.4, -0.2) is 23.0 Å². The minimum Gasteiger partial charge on any atom is -0.357 e. The Balaban J connectivity index is 1.64. The maximum Gasteiger partial charge on any atom is 0.427 e. The molecule has 0 spiro atoms. The van der Waals surface area contributed by atoms with E-state index in [1.165, 1.54) is 18.4 Å². The minimum atomic E-state index is -4.33. The predicted molar refractivity (Wildman–Crippen MR) is 85.4 cm³/mol. The van der Waals surface area contributed by atoms with Crippen LogP contribution in [0.4, 0.5) is 18.3 Å². The van der Waals surface area contributed by atoms with E-state index in [0.29, 0.717) is 23.0 Å². The number of benzene rings is 1. The molecular formula is C16H18F3N3S. The molecule has 124 valence electrons. The summed E-state index contributed by atoms with van der Waals surface area (Å²) < 4.78 is 37.8. The smallest absolute Gasteiger partial charge is 0.357 e. The van der Waals surface area contributed by atoms with Gasteiger partial charge in [0.25, 0.3) is 0 Å². The molecule has 0 aliphatic carbocycles. The first kappa shape index (κ1) is 16.3. The van der Waals surface area contributed by atoms with Crippen LogP contribution in [0.25, 0.3) is 0 Å². The second-order valence-electron chi connectivity index (χ2n) is 5.63. The van der Waals surface area contributed by atoms with Gasteiger partial charge < -0.3 is 5.32 Å². The van der Waals surface area contributed by atoms with Crippen LogP contribution in [0.3, 0.4) is 0 Å². The topological polar surface area (TPSA) is 28.2 Å². The van der Waals surface area contributed by atoms with Crippen LogP contribution in [-0.2, 0) is 19.3 Å². The van der Waals surface area contributed by atoms with Gasteiger partial charge in [0.1, 0.15) is 4.88 Å². The van der Waals surface area contributed by atoms with Crippen LogP contribution >= 0.6 is 11.3 Å². The Morgan fingerprint density at radius 1 is 1.13 bits per heavy atom. The summed E-state index contributed by atoms with van der Waals surface area (Å²) in [6, 6.07) is 8.04. The molecule has 0 radical (unpaired) electrons. The van der Waals surface area contributed by atoms with Gasteiger partial charge in [-0.2, -0.15) is 13.2 Å². The van der Waals surface area contributed by atoms with Crippen molar-refractivity contribution in [2.24, 2.45) is 0 Å². The first-order chi connectivity index (χ1) is 11.0. The number of thiazole rings is 1. The van der Waals surface area contributed by atoms with Gasteiger partial charge in [-0.1, -0.05) is 35.6 Å². The maximum absolute atomic E-state index is 12.6. The summed E-state index contributed by atoms with van der Waals surface area (Å²) in [5, 5.41) is 3.31. The molecule has 0 bridgehead atoms. The zero-order chi connectivity index (χ0) is 16.3. The molecule has 0 saturated carbocycles. The van der Waals surface area contributed by atoms with E-state index >= 15 is 0 Å². The van der Waals surface area contributed by atoms with Crippen LogP contribution < -0.4 is 5.32 Å². The first-order valence-corrected chi connectivity index (χ1v) is 8.40. The highest BCUT2D eigenvalue weighted by molar-refractivity contribution is 7.15. The van der Waals surface area contributed by atoms with E-state index in [-0.39, 0.29) is 0 Å². The summed E-state index contributed by atoms with van der Waals surface area (Å²) in [4.78, 5) is 5.54. The summed E-state index contributed by atoms with van der Waals surface area (Å²) in [5.74, 6) is 0. The SMILES string of the molecule is FC(F)(F)c1cnc(NCc2ccccc2CN2CCCC2)s1. The molecule has 7 heteroatoms. The lowest BCUT2D eigenvalue weighted by molar-refractivity contribution is -0.134. The van der Waals surface area contributed by atoms with Crippen molar-refractivity contribution in [3.05, 3.63) is 46.5 Å². The fourth-order valence-corrected chi connectivity index (χ4v) is 3.40. The van der Waals surface area contributed by atoms with Crippen molar-refractivity contribution in [3.63, 3.8) is 0 Å². The molecule has 2 heterocycles. The number of halogens is 3. The third kappa shape index (κ3) is 4.23. The monoisotopic (exact) mass is 341 g/mol. The Labute approximate surface area is 137 Å². The molecule has 1 aliphatic rings. The van der Waals surface area contributed by atoms with Gasteiger partial charge in [-0.05, 0) is 37.1 Å². The van der Waals surface area contributed by atoms with E-state index in [0.717, 1.165) is 31.4 Å². The van der Waals surface area contributed by atoms with Crippen molar-refractivity contribution in [2.75, 3.05) is 18.4 Å². The van der Waals surface area contributed by atoms with Gasteiger partial charge >= 0.3 is 6.18 Å². The Kier molecular flexibility index (Phi) is 4.87. The van der Waals surface area contributed by atoms with Gasteiger partial charge in [-0.25, -0.2) is 4.98 Å². The zero-order valence-corrected chi connectivity index (χ0v) is 13.4. The molecule has 3 rings (SSSR count). The minimum absolute atomic E-state index is 0.299. The summed E-state index contributed by atoms with van der Waals surface area (Å²) in [7, 11) is 0. The lowest BCUT2D eigenvalue weighted by Gasteiger charge is -2.17. The Morgan fingerprint density at radius 2 is 1.83 bits per heavy atom. The molecule has 1 N–H and O–H groups in total. The molecule has 0 amide bonds. The van der Waals surface area contributed by atoms with E-state index in [9.17, 15) is 13.2 Å². The lowest BCUT2D eigenvalue weighted by Crippen LogP contribution is -2.19. The molecule has 1 aromatic heterocycles. The average Bonchev–Trinajstić information content (AvgIpc) is 3.17. The van der Waals surface area contributed by atoms with Crippen LogP contribution in [0.5, 0.6) is 0 Å². The quantitative estimate of drug-likeness (QED) is 0.875. The lowest BCUT2D eigenvalue weighted by atomic mass is 10.1. The van der Waals surface area contributed by atoms with Crippen LogP contribution in [0.1, 0.15) is 28.8 Å². The van der Waals surface area contributed by atoms with E-state index in [1.807, 2.05) is 18.2 Å². The predicted octanol–water partition coefficient (Wildman–Crippen LogP) is 4.37. The molecular weight excluding hydrogens is 323 g/mol. The number of alkyl halides is 3. The summed E-state index contributed by atoms with van der Waals surface area (Å²) in [6.45, 7) is 3.60. The normalized spacial score (nSPS) is 16.0. The molecule has 0 atom stereocenters. The van der Waals surface area contributed by atoms with Crippen molar-refractivity contribution >= 4 is 16.5 Å². The number of nitrogens with one attached hydrogen (secondary N) is 1. The zero-order valence-electron chi connectivity index (χ0n) is 12.6. The van der Waals surface area contributed by atoms with Gasteiger partial charge in [0.15, 0.2) is 5.13 Å². The molecule has 3 nitrogen and oxygen atoms in total. The number of hydrogen-bond donors (Lipinski definition) is 1. The highest BCUT2D eigenvalue weighted by Crippen LogP contribution is 2.35. The molecule has 1 saturated heterocycles. The number of nitrogens with zero attached hydrogens (tertiary/aromatic N) is 2. The summed E-state index contributed by atoms with van der Waals surface area (Å²) >= 11 is 0.640. The first-order valence-electron chi connectivity index (χ1n) is 7.58. The summed E-state index contributed by atoms with van der Waals surface area (Å²) in [5.41, 5.74) is 2.32. The molecule has 1 aromatic carbocycles. The average molecular weight is 341 g/mol. The highest BCUT2D eigenvalue weighted by atomic mass is 32.1. The van der Waals surface area contributed by atoms with E-state index in [2.05, 4.69) is 21.3 Å². The number of aromatic nitrogens is 1. The van der Waals surface area contributed by atoms with Crippen molar-refractivity contribution in [1.82, 2.24) is 9.88 Å². The van der Waals surface area contributed by atoms with Gasteiger partial charge in [0.05, 0.1) is 6.20 Å². The molecule has 1 fully saturated rings.